The second-order valence-electron chi connectivity index (χ2n) is 21.9. The molecule has 0 spiro atoms. The number of rotatable bonds is 35. The summed E-state index contributed by atoms with van der Waals surface area (Å²) in [6.45, 7) is 9.57. The Morgan fingerprint density at radius 3 is 0.624 bits per heavy atom. The molecule has 5 aromatic carbocycles. The Hall–Kier alpha value is -5.28. The van der Waals surface area contributed by atoms with E-state index in [-0.39, 0.29) is 0 Å². The molecule has 0 amide bonds. The van der Waals surface area contributed by atoms with Crippen LogP contribution in [0, 0.1) is 123 Å². The van der Waals surface area contributed by atoms with Crippen molar-refractivity contribution in [2.75, 3.05) is 13.1 Å². The molecule has 85 heavy (non-hydrogen) atoms. The van der Waals surface area contributed by atoms with Crippen LogP contribution < -0.4 is 26.8 Å². The molecule has 0 atom stereocenters. The maximum Gasteiger partial charge on any atom is 0.200 e. The monoisotopic (exact) mass is 1240 g/mol. The van der Waals surface area contributed by atoms with Gasteiger partial charge in [-0.05, 0) is 38.7 Å². The van der Waals surface area contributed by atoms with Crippen LogP contribution in [0.5, 0.6) is 0 Å². The third-order valence-electron chi connectivity index (χ3n) is 15.9. The van der Waals surface area contributed by atoms with E-state index >= 15 is 35.1 Å². The number of unbranched alkanes of at least 4 members (excludes halogenated alkanes) is 26. The average molecular weight is 1240 g/mol. The minimum Gasteiger partial charge on any atom is -0.302 e. The van der Waals surface area contributed by atoms with Crippen molar-refractivity contribution >= 4 is 33.7 Å². The van der Waals surface area contributed by atoms with E-state index in [0.717, 1.165) is 0 Å². The first-order chi connectivity index (χ1) is 40.5. The van der Waals surface area contributed by atoms with Crippen molar-refractivity contribution in [3.05, 3.63) is 146 Å². The van der Waals surface area contributed by atoms with Gasteiger partial charge in [0.1, 0.15) is 58.4 Å². The molecular formula is C63H74BF20N. The zero-order valence-corrected chi connectivity index (χ0v) is 48.2. The Labute approximate surface area is 484 Å². The number of aryl methyl sites for hydroxylation is 1. The Kier molecular flexibility index (Phi) is 30.2. The Balaban J connectivity index is 0.000000368. The lowest BCUT2D eigenvalue weighted by Gasteiger charge is -2.44. The first-order valence-electron chi connectivity index (χ1n) is 29.6. The van der Waals surface area contributed by atoms with E-state index < -0.39 is 144 Å². The number of quaternary nitrogens is 1. The van der Waals surface area contributed by atoms with Gasteiger partial charge in [0.05, 0.1) is 13.1 Å². The molecule has 0 aliphatic rings. The fourth-order valence-corrected chi connectivity index (χ4v) is 11.3. The highest BCUT2D eigenvalue weighted by Crippen LogP contribution is 2.31. The number of halogens is 20. The van der Waals surface area contributed by atoms with Gasteiger partial charge >= 0.3 is 0 Å². The van der Waals surface area contributed by atoms with Crippen LogP contribution >= 0.6 is 0 Å². The van der Waals surface area contributed by atoms with Gasteiger partial charge in [-0.15, -0.1) is 21.9 Å². The lowest BCUT2D eigenvalue weighted by Crippen LogP contribution is -3.07. The van der Waals surface area contributed by atoms with Crippen molar-refractivity contribution in [3.8, 4) is 0 Å². The number of nitrogens with one attached hydrogen (secondary N) is 1. The predicted molar refractivity (Wildman–Crippen MR) is 291 cm³/mol. The van der Waals surface area contributed by atoms with Crippen LogP contribution in [0.2, 0.25) is 0 Å². The second kappa shape index (κ2) is 35.5. The van der Waals surface area contributed by atoms with Gasteiger partial charge < -0.3 is 4.90 Å². The number of hydrogen-bond acceptors (Lipinski definition) is 0. The van der Waals surface area contributed by atoms with Gasteiger partial charge in [0.25, 0.3) is 0 Å². The Morgan fingerprint density at radius 1 is 0.247 bits per heavy atom. The molecule has 0 bridgehead atoms. The first-order valence-corrected chi connectivity index (χ1v) is 29.6. The van der Waals surface area contributed by atoms with Crippen molar-refractivity contribution in [1.82, 2.24) is 0 Å². The van der Waals surface area contributed by atoms with Crippen LogP contribution in [0.15, 0.2) is 24.3 Å². The van der Waals surface area contributed by atoms with Crippen LogP contribution in [-0.4, -0.2) is 19.2 Å². The third kappa shape index (κ3) is 17.7. The average Bonchev–Trinajstić information content (AvgIpc) is 0.700. The van der Waals surface area contributed by atoms with E-state index in [2.05, 4.69) is 45.0 Å². The summed E-state index contributed by atoms with van der Waals surface area (Å²) in [7, 11) is 0. The second-order valence-corrected chi connectivity index (χ2v) is 21.9. The summed E-state index contributed by atoms with van der Waals surface area (Å²) in [6.07, 6.45) is 33.3. The molecule has 0 saturated carbocycles. The van der Waals surface area contributed by atoms with Crippen molar-refractivity contribution in [2.24, 2.45) is 0 Å². The fourth-order valence-electron chi connectivity index (χ4n) is 11.3. The van der Waals surface area contributed by atoms with Crippen molar-refractivity contribution in [2.45, 2.75) is 201 Å². The SMILES string of the molecule is CCCCCCCCCCCCCCCC[NH+](CCCCCCCCCCCCCCCC)c1ccccc1C.Fc1c(F)c(F)c([B-](c2c(F)c(F)c(F)c(F)c2F)(c2c(F)c(F)c(F)c(F)c2F)c2c(F)c(F)c(F)c(F)c2F)c(F)c1F. The fraction of sp³-hybridized carbons (Fsp3) is 0.524. The molecule has 0 unspecified atom stereocenters. The number of benzene rings is 5. The smallest absolute Gasteiger partial charge is 0.200 e. The minimum atomic E-state index is -7.22. The van der Waals surface area contributed by atoms with E-state index in [1.54, 1.807) is 10.6 Å². The predicted octanol–water partition coefficient (Wildman–Crippen LogP) is 18.3. The van der Waals surface area contributed by atoms with Crippen molar-refractivity contribution in [1.29, 1.82) is 0 Å². The molecular weight excluding hydrogens is 1160 g/mol. The summed E-state index contributed by atoms with van der Waals surface area (Å²) in [5.74, 6) is -71.4. The van der Waals surface area contributed by atoms with Gasteiger partial charge in [-0.25, -0.2) is 87.8 Å². The summed E-state index contributed by atoms with van der Waals surface area (Å²) in [5, 5.41) is 0. The molecule has 474 valence electrons. The van der Waals surface area contributed by atoms with Gasteiger partial charge in [-0.1, -0.05) is 186 Å². The molecule has 0 aliphatic carbocycles. The van der Waals surface area contributed by atoms with E-state index in [1.165, 1.54) is 198 Å². The van der Waals surface area contributed by atoms with Crippen LogP contribution in [-0.2, 0) is 0 Å². The molecule has 5 rings (SSSR count). The van der Waals surface area contributed by atoms with Crippen LogP contribution in [0.4, 0.5) is 93.5 Å². The maximum absolute atomic E-state index is 15.4. The summed E-state index contributed by atoms with van der Waals surface area (Å²) in [4.78, 5) is 1.75. The lowest BCUT2D eigenvalue weighted by atomic mass is 9.12. The molecule has 0 saturated heterocycles. The quantitative estimate of drug-likeness (QED) is 0.0136. The third-order valence-corrected chi connectivity index (χ3v) is 15.9. The molecule has 0 aliphatic heterocycles. The molecule has 0 heterocycles. The topological polar surface area (TPSA) is 4.44 Å². The van der Waals surface area contributed by atoms with Gasteiger partial charge in [0, 0.05) is 5.56 Å². The number of hydrogen-bond donors (Lipinski definition) is 1. The highest BCUT2D eigenvalue weighted by atomic mass is 19.2. The Morgan fingerprint density at radius 2 is 0.424 bits per heavy atom. The summed E-state index contributed by atoms with van der Waals surface area (Å²) in [5.41, 5.74) is -11.3. The number of para-hydroxylation sites is 1. The summed E-state index contributed by atoms with van der Waals surface area (Å²) < 4.78 is 294. The van der Waals surface area contributed by atoms with Gasteiger partial charge in [0.2, 0.25) is 0 Å². The van der Waals surface area contributed by atoms with Gasteiger partial charge in [0.15, 0.2) is 69.8 Å². The van der Waals surface area contributed by atoms with E-state index in [9.17, 15) is 52.7 Å². The molecule has 22 heteroatoms. The van der Waals surface area contributed by atoms with Crippen LogP contribution in [0.3, 0.4) is 0 Å². The molecule has 1 N–H and O–H groups in total. The van der Waals surface area contributed by atoms with Gasteiger partial charge in [-0.3, -0.25) is 0 Å². The molecule has 0 aromatic heterocycles. The molecule has 5 aromatic rings. The van der Waals surface area contributed by atoms with E-state index in [1.807, 2.05) is 0 Å². The summed E-state index contributed by atoms with van der Waals surface area (Å²) in [6, 6.07) is 9.15. The molecule has 1 nitrogen and oxygen atoms in total. The lowest BCUT2D eigenvalue weighted by molar-refractivity contribution is -0.833. The van der Waals surface area contributed by atoms with Crippen LogP contribution in [0.25, 0.3) is 0 Å². The zero-order valence-electron chi connectivity index (χ0n) is 48.2. The van der Waals surface area contributed by atoms with E-state index in [0.29, 0.717) is 0 Å². The highest BCUT2D eigenvalue weighted by Gasteiger charge is 2.52. The van der Waals surface area contributed by atoms with Crippen molar-refractivity contribution < 1.29 is 92.7 Å². The first kappa shape index (κ1) is 72.2. The Bertz CT molecular complexity index is 2520. The largest absolute Gasteiger partial charge is 0.302 e. The van der Waals surface area contributed by atoms with Gasteiger partial charge in [-0.2, -0.15) is 0 Å². The maximum atomic E-state index is 15.4. The zero-order chi connectivity index (χ0) is 63.1. The molecule has 0 radical (unpaired) electrons. The van der Waals surface area contributed by atoms with Crippen molar-refractivity contribution in [3.63, 3.8) is 0 Å². The summed E-state index contributed by atoms with van der Waals surface area (Å²) >= 11 is 0. The van der Waals surface area contributed by atoms with E-state index in [4.69, 9.17) is 0 Å². The molecule has 0 fully saturated rings. The van der Waals surface area contributed by atoms with Crippen LogP contribution in [0.1, 0.15) is 199 Å². The standard InChI is InChI=1S/C39H73N.C24BF20/c1-4-6-8-10-12-14-16-18-20-22-24-26-28-32-36-40(39-35-31-30-34-38(39)3)37-33-29-27-25-23-21-19-17-15-13-11-9-7-5-2;26-5-1(6(27)14(35)21(42)13(5)34)25(2-7(28)15(36)22(43)16(37)8(2)29,3-9(30)17(38)23(44)18(39)10(3)31)4-11(32)19(40)24(45)20(41)12(4)33/h30-31,34-35H,4-29,32-33,36-37H2,1-3H3;/q;-1/p+1. The minimum absolute atomic E-state index is 1.32. The normalized spacial score (nSPS) is 11.8. The highest BCUT2D eigenvalue weighted by molar-refractivity contribution is 7.20.